The Hall–Kier alpha value is -1.35. The number of rotatable bonds is 15. The summed E-state index contributed by atoms with van der Waals surface area (Å²) in [4.78, 5) is 12.5. The van der Waals surface area contributed by atoms with E-state index in [0.717, 1.165) is 38.0 Å². The molecule has 1 saturated heterocycles. The van der Waals surface area contributed by atoms with Crippen LogP contribution < -0.4 is 27.8 Å². The lowest BCUT2D eigenvalue weighted by Gasteiger charge is -2.46. The lowest BCUT2D eigenvalue weighted by atomic mass is 9.83. The van der Waals surface area contributed by atoms with E-state index in [9.17, 15) is 15.0 Å². The first kappa shape index (κ1) is 32.2. The standard InChI is InChI=1S/C27H51N5O7/c1-17-13-21(33)27(36-16-17)39-26-20(32-22(34)8-6-11-29)14-19(30)25(24(26)35)38-23-9-5-7-18(37-23)15-31-12-4-2-3-10-28/h7,17,19-21,23-27,31,33,35H,2-6,8-16,28-30H2,1H3,(H,32,34)/t17-,19-,20+,21+,23+,24-,25+,26-,27+/m0/s1. The molecule has 1 aliphatic carbocycles. The number of aliphatic hydroxyl groups is 2. The van der Waals surface area contributed by atoms with Crippen LogP contribution in [0.25, 0.3) is 0 Å². The summed E-state index contributed by atoms with van der Waals surface area (Å²) in [5, 5.41) is 28.3. The summed E-state index contributed by atoms with van der Waals surface area (Å²) in [5.41, 5.74) is 17.6. The van der Waals surface area contributed by atoms with Gasteiger partial charge in [-0.15, -0.1) is 0 Å². The Kier molecular flexibility index (Phi) is 13.9. The Bertz CT molecular complexity index is 760. The van der Waals surface area contributed by atoms with Crippen molar-refractivity contribution in [3.05, 3.63) is 11.8 Å². The van der Waals surface area contributed by atoms with E-state index in [0.29, 0.717) is 51.9 Å². The SMILES string of the molecule is C[C@@H]1CO[C@H](O[C@@H]2[C@@H](O)[C@H](O[C@@H]3CCC=C(CNCCCCCN)O3)[C@@H](N)C[C@H]2NC(=O)CCCN)[C@H](O)C1. The second kappa shape index (κ2) is 16.8. The molecule has 0 spiro atoms. The molecule has 2 aliphatic heterocycles. The summed E-state index contributed by atoms with van der Waals surface area (Å²) in [7, 11) is 0. The number of aliphatic hydroxyl groups excluding tert-OH is 2. The first-order chi connectivity index (χ1) is 18.8. The Morgan fingerprint density at radius 2 is 1.90 bits per heavy atom. The van der Waals surface area contributed by atoms with Crippen molar-refractivity contribution in [2.24, 2.45) is 23.1 Å². The zero-order valence-electron chi connectivity index (χ0n) is 23.3. The average molecular weight is 558 g/mol. The van der Waals surface area contributed by atoms with Crippen LogP contribution in [0.5, 0.6) is 0 Å². The molecule has 0 unspecified atom stereocenters. The molecule has 12 heteroatoms. The lowest BCUT2D eigenvalue weighted by molar-refractivity contribution is -0.282. The number of ether oxygens (including phenoxy) is 4. The number of allylic oxidation sites excluding steroid dienone is 1. The van der Waals surface area contributed by atoms with Crippen LogP contribution in [0.4, 0.5) is 0 Å². The van der Waals surface area contributed by atoms with E-state index in [1.54, 1.807) is 0 Å². The molecule has 0 aromatic heterocycles. The maximum Gasteiger partial charge on any atom is 0.220 e. The molecule has 9 atom stereocenters. The van der Waals surface area contributed by atoms with Gasteiger partial charge in [-0.25, -0.2) is 0 Å². The van der Waals surface area contributed by atoms with Gasteiger partial charge in [-0.1, -0.05) is 13.3 Å². The Morgan fingerprint density at radius 3 is 2.64 bits per heavy atom. The molecule has 226 valence electrons. The quantitative estimate of drug-likeness (QED) is 0.129. The minimum absolute atomic E-state index is 0.193. The van der Waals surface area contributed by atoms with E-state index in [1.807, 2.05) is 13.0 Å². The van der Waals surface area contributed by atoms with E-state index < -0.39 is 49.1 Å². The monoisotopic (exact) mass is 557 g/mol. The highest BCUT2D eigenvalue weighted by atomic mass is 16.7. The van der Waals surface area contributed by atoms with Crippen LogP contribution in [-0.4, -0.2) is 98.0 Å². The molecule has 0 aromatic rings. The number of unbranched alkanes of at least 4 members (excludes halogenated alkanes) is 2. The Balaban J connectivity index is 1.60. The number of nitrogens with two attached hydrogens (primary N) is 3. The summed E-state index contributed by atoms with van der Waals surface area (Å²) in [5.74, 6) is 0.797. The number of amides is 1. The third-order valence-electron chi connectivity index (χ3n) is 7.49. The van der Waals surface area contributed by atoms with Crippen LogP contribution in [0.15, 0.2) is 11.8 Å². The van der Waals surface area contributed by atoms with Crippen molar-refractivity contribution in [2.45, 2.75) is 114 Å². The summed E-state index contributed by atoms with van der Waals surface area (Å²) in [6, 6.07) is -1.16. The van der Waals surface area contributed by atoms with Gasteiger partial charge < -0.3 is 57.0 Å². The van der Waals surface area contributed by atoms with Crippen LogP contribution >= 0.6 is 0 Å². The van der Waals surface area contributed by atoms with Gasteiger partial charge in [0.25, 0.3) is 0 Å². The predicted octanol–water partition coefficient (Wildman–Crippen LogP) is -0.445. The topological polar surface area (TPSA) is 197 Å². The molecule has 0 aromatic carbocycles. The number of nitrogens with one attached hydrogen (secondary N) is 2. The van der Waals surface area contributed by atoms with Crippen molar-refractivity contribution >= 4 is 5.91 Å². The van der Waals surface area contributed by atoms with Gasteiger partial charge in [0, 0.05) is 18.9 Å². The van der Waals surface area contributed by atoms with Gasteiger partial charge in [-0.3, -0.25) is 4.79 Å². The van der Waals surface area contributed by atoms with Gasteiger partial charge in [0.2, 0.25) is 5.91 Å². The van der Waals surface area contributed by atoms with E-state index in [1.165, 1.54) is 0 Å². The predicted molar refractivity (Wildman–Crippen MR) is 146 cm³/mol. The highest BCUT2D eigenvalue weighted by molar-refractivity contribution is 5.76. The second-order valence-electron chi connectivity index (χ2n) is 11.1. The molecule has 1 saturated carbocycles. The second-order valence-corrected chi connectivity index (χ2v) is 11.1. The third kappa shape index (κ3) is 10.2. The van der Waals surface area contributed by atoms with E-state index in [-0.39, 0.29) is 18.2 Å². The summed E-state index contributed by atoms with van der Waals surface area (Å²) in [6.45, 7) is 5.01. The smallest absolute Gasteiger partial charge is 0.220 e. The van der Waals surface area contributed by atoms with Gasteiger partial charge in [-0.05, 0) is 70.2 Å². The van der Waals surface area contributed by atoms with Crippen LogP contribution in [0.1, 0.15) is 64.7 Å². The van der Waals surface area contributed by atoms with Gasteiger partial charge >= 0.3 is 0 Å². The molecule has 10 N–H and O–H groups in total. The first-order valence-corrected chi connectivity index (χ1v) is 14.6. The molecule has 1 amide bonds. The number of carbonyl (C=O) groups excluding carboxylic acids is 1. The van der Waals surface area contributed by atoms with Crippen LogP contribution in [0.2, 0.25) is 0 Å². The largest absolute Gasteiger partial charge is 0.468 e. The fourth-order valence-corrected chi connectivity index (χ4v) is 5.35. The van der Waals surface area contributed by atoms with Crippen molar-refractivity contribution < 1.29 is 34.0 Å². The molecule has 3 aliphatic rings. The third-order valence-corrected chi connectivity index (χ3v) is 7.49. The van der Waals surface area contributed by atoms with Crippen molar-refractivity contribution in [3.8, 4) is 0 Å². The Labute approximate surface area is 232 Å². The van der Waals surface area contributed by atoms with E-state index in [4.69, 9.17) is 36.1 Å². The fraction of sp³-hybridized carbons (Fsp3) is 0.889. The van der Waals surface area contributed by atoms with Gasteiger partial charge in [0.1, 0.15) is 30.2 Å². The molecular weight excluding hydrogens is 506 g/mol. The van der Waals surface area contributed by atoms with E-state index >= 15 is 0 Å². The molecule has 0 radical (unpaired) electrons. The molecule has 2 fully saturated rings. The zero-order chi connectivity index (χ0) is 28.2. The first-order valence-electron chi connectivity index (χ1n) is 14.6. The molecule has 2 heterocycles. The van der Waals surface area contributed by atoms with Crippen LogP contribution in [0, 0.1) is 5.92 Å². The molecule has 39 heavy (non-hydrogen) atoms. The van der Waals surface area contributed by atoms with Crippen molar-refractivity contribution in [3.63, 3.8) is 0 Å². The maximum absolute atomic E-state index is 12.5. The molecule has 3 rings (SSSR count). The molecular formula is C27H51N5O7. The zero-order valence-corrected chi connectivity index (χ0v) is 23.3. The van der Waals surface area contributed by atoms with Gasteiger partial charge in [0.05, 0.1) is 19.2 Å². The number of hydrogen-bond donors (Lipinski definition) is 7. The van der Waals surface area contributed by atoms with E-state index in [2.05, 4.69) is 10.6 Å². The van der Waals surface area contributed by atoms with Crippen molar-refractivity contribution in [1.29, 1.82) is 0 Å². The Morgan fingerprint density at radius 1 is 1.10 bits per heavy atom. The average Bonchev–Trinajstić information content (AvgIpc) is 2.91. The lowest BCUT2D eigenvalue weighted by Crippen LogP contribution is -2.66. The number of carbonyl (C=O) groups is 1. The number of hydrogen-bond acceptors (Lipinski definition) is 11. The fourth-order valence-electron chi connectivity index (χ4n) is 5.35. The van der Waals surface area contributed by atoms with Crippen molar-refractivity contribution in [1.82, 2.24) is 10.6 Å². The normalized spacial score (nSPS) is 35.2. The summed E-state index contributed by atoms with van der Waals surface area (Å²) >= 11 is 0. The summed E-state index contributed by atoms with van der Waals surface area (Å²) in [6.07, 6.45) is 3.08. The van der Waals surface area contributed by atoms with Crippen LogP contribution in [-0.2, 0) is 23.7 Å². The van der Waals surface area contributed by atoms with Gasteiger partial charge in [0.15, 0.2) is 12.6 Å². The van der Waals surface area contributed by atoms with Crippen molar-refractivity contribution in [2.75, 3.05) is 32.8 Å². The highest BCUT2D eigenvalue weighted by Crippen LogP contribution is 2.31. The molecule has 12 nitrogen and oxygen atoms in total. The molecule has 0 bridgehead atoms. The van der Waals surface area contributed by atoms with Crippen LogP contribution in [0.3, 0.4) is 0 Å². The highest BCUT2D eigenvalue weighted by Gasteiger charge is 2.48. The summed E-state index contributed by atoms with van der Waals surface area (Å²) < 4.78 is 24.2. The van der Waals surface area contributed by atoms with Gasteiger partial charge in [-0.2, -0.15) is 0 Å². The maximum atomic E-state index is 12.5. The minimum atomic E-state index is -1.18. The minimum Gasteiger partial charge on any atom is -0.468 e.